The SMILES string of the molecule is CC(C)(C)CC(=O)c1ccccc1C=S. The molecule has 0 aliphatic rings. The Morgan fingerprint density at radius 3 is 2.47 bits per heavy atom. The average molecular weight is 220 g/mol. The molecule has 1 aromatic carbocycles. The predicted octanol–water partition coefficient (Wildman–Crippen LogP) is 3.65. The lowest BCUT2D eigenvalue weighted by Gasteiger charge is -2.17. The number of benzene rings is 1. The molecule has 80 valence electrons. The van der Waals surface area contributed by atoms with Gasteiger partial charge in [-0.2, -0.15) is 0 Å². The molecule has 0 bridgehead atoms. The molecule has 0 amide bonds. The Kier molecular flexibility index (Phi) is 3.75. The molecule has 0 aliphatic heterocycles. The van der Waals surface area contributed by atoms with Crippen LogP contribution in [-0.4, -0.2) is 11.2 Å². The Balaban J connectivity index is 2.96. The summed E-state index contributed by atoms with van der Waals surface area (Å²) in [7, 11) is 0. The second-order valence-corrected chi connectivity index (χ2v) is 5.10. The molecule has 1 nitrogen and oxygen atoms in total. The predicted molar refractivity (Wildman–Crippen MR) is 67.6 cm³/mol. The van der Waals surface area contributed by atoms with Gasteiger partial charge in [0.05, 0.1) is 0 Å². The van der Waals surface area contributed by atoms with Crippen molar-refractivity contribution in [3.8, 4) is 0 Å². The molecule has 0 saturated heterocycles. The summed E-state index contributed by atoms with van der Waals surface area (Å²) in [6.45, 7) is 6.18. The van der Waals surface area contributed by atoms with E-state index in [2.05, 4.69) is 20.8 Å². The fraction of sp³-hybridized carbons (Fsp3) is 0.385. The smallest absolute Gasteiger partial charge is 0.164 e. The van der Waals surface area contributed by atoms with Crippen LogP contribution in [0.4, 0.5) is 0 Å². The maximum absolute atomic E-state index is 12.0. The zero-order chi connectivity index (χ0) is 11.5. The normalized spacial score (nSPS) is 11.1. The van der Waals surface area contributed by atoms with Crippen LogP contribution in [0.5, 0.6) is 0 Å². The van der Waals surface area contributed by atoms with E-state index in [-0.39, 0.29) is 11.2 Å². The minimum Gasteiger partial charge on any atom is -0.294 e. The molecule has 0 saturated carbocycles. The fourth-order valence-electron chi connectivity index (χ4n) is 1.43. The van der Waals surface area contributed by atoms with Gasteiger partial charge in [0.25, 0.3) is 0 Å². The Morgan fingerprint density at radius 1 is 1.33 bits per heavy atom. The van der Waals surface area contributed by atoms with Crippen LogP contribution in [0.1, 0.15) is 43.1 Å². The van der Waals surface area contributed by atoms with E-state index in [0.29, 0.717) is 6.42 Å². The molecule has 1 aromatic rings. The standard InChI is InChI=1S/C13H16OS/c1-13(2,3)8-12(14)11-7-5-4-6-10(11)9-15/h4-7,9H,8H2,1-3H3. The number of carbonyl (C=O) groups is 1. The summed E-state index contributed by atoms with van der Waals surface area (Å²) >= 11 is 4.89. The van der Waals surface area contributed by atoms with Gasteiger partial charge in [0.1, 0.15) is 0 Å². The van der Waals surface area contributed by atoms with E-state index >= 15 is 0 Å². The largest absolute Gasteiger partial charge is 0.294 e. The molecular weight excluding hydrogens is 204 g/mol. The molecular formula is C13H16OS. The molecule has 15 heavy (non-hydrogen) atoms. The van der Waals surface area contributed by atoms with Crippen LogP contribution < -0.4 is 0 Å². The Hall–Kier alpha value is -1.02. The monoisotopic (exact) mass is 220 g/mol. The zero-order valence-corrected chi connectivity index (χ0v) is 10.2. The highest BCUT2D eigenvalue weighted by Crippen LogP contribution is 2.22. The lowest BCUT2D eigenvalue weighted by atomic mass is 9.87. The van der Waals surface area contributed by atoms with E-state index < -0.39 is 0 Å². The number of carbonyl (C=O) groups excluding carboxylic acids is 1. The maximum atomic E-state index is 12.0. The van der Waals surface area contributed by atoms with E-state index in [4.69, 9.17) is 12.2 Å². The zero-order valence-electron chi connectivity index (χ0n) is 9.41. The highest BCUT2D eigenvalue weighted by atomic mass is 32.1. The van der Waals surface area contributed by atoms with E-state index in [9.17, 15) is 4.79 Å². The summed E-state index contributed by atoms with van der Waals surface area (Å²) in [5, 5.41) is 1.57. The highest BCUT2D eigenvalue weighted by Gasteiger charge is 2.18. The number of ketones is 1. The molecule has 0 aromatic heterocycles. The van der Waals surface area contributed by atoms with Crippen molar-refractivity contribution >= 4 is 23.4 Å². The van der Waals surface area contributed by atoms with E-state index in [1.165, 1.54) is 0 Å². The molecule has 0 heterocycles. The Morgan fingerprint density at radius 2 is 1.93 bits per heavy atom. The van der Waals surface area contributed by atoms with Crippen molar-refractivity contribution in [1.82, 2.24) is 0 Å². The molecule has 1 rings (SSSR count). The first-order chi connectivity index (χ1) is 6.94. The molecule has 0 unspecified atom stereocenters. The summed E-state index contributed by atoms with van der Waals surface area (Å²) in [6.07, 6.45) is 0.549. The average Bonchev–Trinajstić information content (AvgIpc) is 2.15. The third-order valence-electron chi connectivity index (χ3n) is 2.08. The van der Waals surface area contributed by atoms with Gasteiger partial charge >= 0.3 is 0 Å². The van der Waals surface area contributed by atoms with Gasteiger partial charge in [-0.05, 0) is 11.0 Å². The molecule has 0 spiro atoms. The van der Waals surface area contributed by atoms with Gasteiger partial charge in [0.15, 0.2) is 5.78 Å². The van der Waals surface area contributed by atoms with Crippen LogP contribution in [0.3, 0.4) is 0 Å². The van der Waals surface area contributed by atoms with Gasteiger partial charge in [0, 0.05) is 17.4 Å². The third kappa shape index (κ3) is 3.56. The first-order valence-corrected chi connectivity index (χ1v) is 5.48. The molecule has 0 radical (unpaired) electrons. The quantitative estimate of drug-likeness (QED) is 0.571. The molecule has 2 heteroatoms. The summed E-state index contributed by atoms with van der Waals surface area (Å²) in [4.78, 5) is 12.0. The molecule has 0 fully saturated rings. The van der Waals surface area contributed by atoms with Crippen molar-refractivity contribution in [1.29, 1.82) is 0 Å². The highest BCUT2D eigenvalue weighted by molar-refractivity contribution is 7.79. The van der Waals surface area contributed by atoms with Gasteiger partial charge in [-0.25, -0.2) is 0 Å². The topological polar surface area (TPSA) is 17.1 Å². The maximum Gasteiger partial charge on any atom is 0.164 e. The second-order valence-electron chi connectivity index (χ2n) is 4.87. The van der Waals surface area contributed by atoms with Crippen LogP contribution in [0, 0.1) is 5.41 Å². The van der Waals surface area contributed by atoms with Crippen molar-refractivity contribution in [2.45, 2.75) is 27.2 Å². The first kappa shape index (κ1) is 12.1. The summed E-state index contributed by atoms with van der Waals surface area (Å²) in [5.74, 6) is 0.166. The lowest BCUT2D eigenvalue weighted by molar-refractivity contribution is 0.0940. The third-order valence-corrected chi connectivity index (χ3v) is 2.33. The van der Waals surface area contributed by atoms with Crippen molar-refractivity contribution < 1.29 is 4.79 Å². The van der Waals surface area contributed by atoms with Crippen molar-refractivity contribution in [2.75, 3.05) is 0 Å². The molecule has 0 atom stereocenters. The first-order valence-electron chi connectivity index (χ1n) is 5.01. The van der Waals surface area contributed by atoms with Crippen LogP contribution in [0.25, 0.3) is 0 Å². The van der Waals surface area contributed by atoms with E-state index in [1.807, 2.05) is 24.3 Å². The number of hydrogen-bond acceptors (Lipinski definition) is 2. The molecule has 0 N–H and O–H groups in total. The Labute approximate surface area is 96.5 Å². The summed E-state index contributed by atoms with van der Waals surface area (Å²) in [5.41, 5.74) is 1.61. The van der Waals surface area contributed by atoms with Gasteiger partial charge in [-0.3, -0.25) is 4.79 Å². The van der Waals surface area contributed by atoms with Crippen molar-refractivity contribution in [3.63, 3.8) is 0 Å². The van der Waals surface area contributed by atoms with Gasteiger partial charge in [0.2, 0.25) is 0 Å². The summed E-state index contributed by atoms with van der Waals surface area (Å²) in [6, 6.07) is 7.49. The van der Waals surface area contributed by atoms with Crippen LogP contribution in [0.15, 0.2) is 24.3 Å². The fourth-order valence-corrected chi connectivity index (χ4v) is 1.64. The van der Waals surface area contributed by atoms with E-state index in [0.717, 1.165) is 11.1 Å². The van der Waals surface area contributed by atoms with Gasteiger partial charge in [-0.1, -0.05) is 57.3 Å². The minimum atomic E-state index is 0.0195. The number of rotatable bonds is 3. The van der Waals surface area contributed by atoms with Gasteiger partial charge < -0.3 is 0 Å². The minimum absolute atomic E-state index is 0.0195. The Bertz CT molecular complexity index is 374. The number of Topliss-reactive ketones (excluding diaryl/α,β-unsaturated/α-hetero) is 1. The van der Waals surface area contributed by atoms with Crippen molar-refractivity contribution in [2.24, 2.45) is 5.41 Å². The second kappa shape index (κ2) is 4.67. The van der Waals surface area contributed by atoms with Crippen LogP contribution >= 0.6 is 12.2 Å². The molecule has 0 aliphatic carbocycles. The number of hydrogen-bond donors (Lipinski definition) is 0. The lowest BCUT2D eigenvalue weighted by Crippen LogP contribution is -2.14. The van der Waals surface area contributed by atoms with E-state index in [1.54, 1.807) is 5.37 Å². The van der Waals surface area contributed by atoms with Crippen LogP contribution in [0.2, 0.25) is 0 Å². The number of thiocarbonyl (C=S) groups is 1. The van der Waals surface area contributed by atoms with Crippen molar-refractivity contribution in [3.05, 3.63) is 35.4 Å². The summed E-state index contributed by atoms with van der Waals surface area (Å²) < 4.78 is 0. The van der Waals surface area contributed by atoms with Gasteiger partial charge in [-0.15, -0.1) is 0 Å². The van der Waals surface area contributed by atoms with Crippen LogP contribution in [-0.2, 0) is 0 Å².